The lowest BCUT2D eigenvalue weighted by Gasteiger charge is -2.45. The molecule has 2 aliphatic carbocycles. The molecule has 2 atom stereocenters. The van der Waals surface area contributed by atoms with Crippen LogP contribution in [0.25, 0.3) is 11.1 Å². The Bertz CT molecular complexity index is 1770. The molecule has 2 aliphatic rings. The smallest absolute Gasteiger partial charge is 0.407 e. The maximum Gasteiger partial charge on any atom is 0.407 e. The molecule has 0 unspecified atom stereocenters. The number of fused-ring (bicyclic) bond motifs is 3. The van der Waals surface area contributed by atoms with Gasteiger partial charge in [-0.1, -0.05) is 120 Å². The van der Waals surface area contributed by atoms with Crippen LogP contribution in [0.1, 0.15) is 60.8 Å². The van der Waals surface area contributed by atoms with E-state index in [1.807, 2.05) is 84.9 Å². The Balaban J connectivity index is 1.21. The van der Waals surface area contributed by atoms with Gasteiger partial charge in [0.15, 0.2) is 0 Å². The van der Waals surface area contributed by atoms with E-state index >= 15 is 0 Å². The molecular formula is C41H42N2O5. The molecule has 0 radical (unpaired) electrons. The van der Waals surface area contributed by atoms with Crippen LogP contribution in [0, 0.1) is 5.41 Å². The fraction of sp³-hybridized carbons (Fsp3) is 0.293. The Morgan fingerprint density at radius 1 is 0.792 bits per heavy atom. The van der Waals surface area contributed by atoms with Gasteiger partial charge in [0.05, 0.1) is 12.5 Å². The third-order valence-corrected chi connectivity index (χ3v) is 10.0. The third-order valence-electron chi connectivity index (χ3n) is 10.0. The predicted octanol–water partition coefficient (Wildman–Crippen LogP) is 7.63. The Labute approximate surface area is 282 Å². The van der Waals surface area contributed by atoms with Gasteiger partial charge in [-0.25, -0.2) is 4.79 Å². The topological polar surface area (TPSA) is 84.9 Å². The van der Waals surface area contributed by atoms with Crippen molar-refractivity contribution in [3.8, 4) is 11.1 Å². The number of ether oxygens (including phenoxy) is 2. The Kier molecular flexibility index (Phi) is 9.76. The molecule has 0 heterocycles. The Morgan fingerprint density at radius 3 is 2.00 bits per heavy atom. The monoisotopic (exact) mass is 642 g/mol. The Hall–Kier alpha value is -5.17. The summed E-state index contributed by atoms with van der Waals surface area (Å²) in [6.07, 6.45) is 0.474. The zero-order chi connectivity index (χ0) is 33.7. The molecule has 7 heteroatoms. The van der Waals surface area contributed by atoms with Crippen LogP contribution in [0.5, 0.6) is 0 Å². The van der Waals surface area contributed by atoms with Gasteiger partial charge in [-0.15, -0.1) is 0 Å². The zero-order valence-corrected chi connectivity index (χ0v) is 27.8. The van der Waals surface area contributed by atoms with E-state index in [-0.39, 0.29) is 50.0 Å². The number of nitrogens with zero attached hydrogens (tertiary/aromatic N) is 1. The molecule has 7 nitrogen and oxygen atoms in total. The molecule has 1 N–H and O–H groups in total. The minimum absolute atomic E-state index is 0.0886. The molecule has 48 heavy (non-hydrogen) atoms. The van der Waals surface area contributed by atoms with Crippen LogP contribution >= 0.6 is 0 Å². The van der Waals surface area contributed by atoms with E-state index in [1.165, 1.54) is 12.7 Å². The van der Waals surface area contributed by atoms with E-state index in [2.05, 4.69) is 43.4 Å². The number of allylic oxidation sites excluding steroid dienone is 2. The van der Waals surface area contributed by atoms with E-state index in [0.29, 0.717) is 12.8 Å². The van der Waals surface area contributed by atoms with Crippen molar-refractivity contribution in [1.82, 2.24) is 10.2 Å². The molecule has 4 aromatic carbocycles. The van der Waals surface area contributed by atoms with Crippen LogP contribution in [0.4, 0.5) is 4.79 Å². The first-order valence-electron chi connectivity index (χ1n) is 16.5. The zero-order valence-electron chi connectivity index (χ0n) is 27.8. The summed E-state index contributed by atoms with van der Waals surface area (Å²) in [5.41, 5.74) is 7.80. The summed E-state index contributed by atoms with van der Waals surface area (Å²) in [5, 5.41) is 2.69. The molecule has 0 fully saturated rings. The van der Waals surface area contributed by atoms with Crippen molar-refractivity contribution in [2.45, 2.75) is 45.1 Å². The van der Waals surface area contributed by atoms with E-state index in [1.54, 1.807) is 4.90 Å². The minimum Gasteiger partial charge on any atom is -0.469 e. The van der Waals surface area contributed by atoms with Crippen molar-refractivity contribution in [3.05, 3.63) is 143 Å². The van der Waals surface area contributed by atoms with Crippen LogP contribution in [0.2, 0.25) is 0 Å². The van der Waals surface area contributed by atoms with Gasteiger partial charge in [-0.05, 0) is 60.1 Å². The van der Waals surface area contributed by atoms with Crippen molar-refractivity contribution < 1.29 is 23.9 Å². The number of carbonyl (C=O) groups excluding carboxylic acids is 3. The van der Waals surface area contributed by atoms with Crippen molar-refractivity contribution in [3.63, 3.8) is 0 Å². The van der Waals surface area contributed by atoms with Crippen molar-refractivity contribution in [1.29, 1.82) is 0 Å². The highest BCUT2D eigenvalue weighted by Crippen LogP contribution is 2.51. The van der Waals surface area contributed by atoms with Crippen LogP contribution < -0.4 is 5.32 Å². The SMILES string of the molecule is COC(=O)[C@]1(CN(Cc2ccccc2)C(=O)CNC(=O)OCC2c3ccccc3-c3ccccc32)CC(C)=C(C)C[C@H]1c1ccccc1. The number of benzene rings is 4. The molecule has 0 bridgehead atoms. The van der Waals surface area contributed by atoms with Crippen molar-refractivity contribution in [2.24, 2.45) is 5.41 Å². The highest BCUT2D eigenvalue weighted by Gasteiger charge is 2.51. The number of methoxy groups -OCH3 is 1. The van der Waals surface area contributed by atoms with Crippen LogP contribution in [0.15, 0.2) is 120 Å². The lowest BCUT2D eigenvalue weighted by Crippen LogP contribution is -2.52. The molecule has 0 spiro atoms. The second kappa shape index (κ2) is 14.3. The number of alkyl carbamates (subject to hydrolysis) is 1. The molecule has 0 aliphatic heterocycles. The maximum absolute atomic E-state index is 14.0. The predicted molar refractivity (Wildman–Crippen MR) is 186 cm³/mol. The Morgan fingerprint density at radius 2 is 1.38 bits per heavy atom. The highest BCUT2D eigenvalue weighted by atomic mass is 16.5. The van der Waals surface area contributed by atoms with Gasteiger partial charge >= 0.3 is 12.1 Å². The summed E-state index contributed by atoms with van der Waals surface area (Å²) in [5.74, 6) is -0.949. The number of carbonyl (C=O) groups is 3. The van der Waals surface area contributed by atoms with Gasteiger partial charge in [-0.2, -0.15) is 0 Å². The maximum atomic E-state index is 14.0. The van der Waals surface area contributed by atoms with Crippen molar-refractivity contribution >= 4 is 18.0 Å². The number of hydrogen-bond acceptors (Lipinski definition) is 5. The van der Waals surface area contributed by atoms with E-state index in [4.69, 9.17) is 9.47 Å². The number of rotatable bonds is 10. The molecule has 6 rings (SSSR count). The summed E-state index contributed by atoms with van der Waals surface area (Å²) >= 11 is 0. The van der Waals surface area contributed by atoms with E-state index in [0.717, 1.165) is 39.0 Å². The first-order chi connectivity index (χ1) is 23.3. The van der Waals surface area contributed by atoms with Crippen molar-refractivity contribution in [2.75, 3.05) is 26.8 Å². The lowest BCUT2D eigenvalue weighted by molar-refractivity contribution is -0.158. The summed E-state index contributed by atoms with van der Waals surface area (Å²) in [6, 6.07) is 36.0. The standard InChI is InChI=1S/C41H42N2O5/c1-28-22-37(31-16-8-5-9-17-31)41(23-29(28)2,39(45)47-3)27-43(25-30-14-6-4-7-15-30)38(44)24-42-40(46)48-26-36-34-20-12-10-18-32(34)33-19-11-13-21-35(33)36/h4-21,36-37H,22-27H2,1-3H3,(H,42,46)/t37-,41-/m0/s1. The highest BCUT2D eigenvalue weighted by molar-refractivity contribution is 5.85. The number of hydrogen-bond donors (Lipinski definition) is 1. The fourth-order valence-electron chi connectivity index (χ4n) is 7.48. The van der Waals surface area contributed by atoms with Crippen LogP contribution in [-0.4, -0.2) is 49.7 Å². The number of amides is 2. The molecular weight excluding hydrogens is 600 g/mol. The molecule has 2 amide bonds. The minimum atomic E-state index is -1.02. The number of esters is 1. The summed E-state index contributed by atoms with van der Waals surface area (Å²) in [7, 11) is 1.41. The number of nitrogens with one attached hydrogen (secondary N) is 1. The van der Waals surface area contributed by atoms with Gasteiger partial charge in [0.25, 0.3) is 0 Å². The molecule has 246 valence electrons. The molecule has 0 aromatic heterocycles. The van der Waals surface area contributed by atoms with E-state index in [9.17, 15) is 14.4 Å². The second-order valence-electron chi connectivity index (χ2n) is 13.0. The van der Waals surface area contributed by atoms with Gasteiger partial charge in [0, 0.05) is 24.9 Å². The molecule has 4 aromatic rings. The van der Waals surface area contributed by atoms with Crippen LogP contribution in [0.3, 0.4) is 0 Å². The normalized spacial score (nSPS) is 18.4. The molecule has 0 saturated heterocycles. The quantitative estimate of drug-likeness (QED) is 0.142. The average Bonchev–Trinajstić information content (AvgIpc) is 3.44. The summed E-state index contributed by atoms with van der Waals surface area (Å²) in [4.78, 5) is 42.7. The van der Waals surface area contributed by atoms with Crippen LogP contribution in [-0.2, 0) is 25.6 Å². The van der Waals surface area contributed by atoms with Gasteiger partial charge < -0.3 is 19.7 Å². The average molecular weight is 643 g/mol. The second-order valence-corrected chi connectivity index (χ2v) is 13.0. The lowest BCUT2D eigenvalue weighted by atomic mass is 9.62. The first-order valence-corrected chi connectivity index (χ1v) is 16.5. The van der Waals surface area contributed by atoms with Gasteiger partial charge in [0.1, 0.15) is 13.2 Å². The third kappa shape index (κ3) is 6.63. The largest absolute Gasteiger partial charge is 0.469 e. The summed E-state index contributed by atoms with van der Waals surface area (Å²) in [6.45, 7) is 4.44. The molecule has 0 saturated carbocycles. The van der Waals surface area contributed by atoms with Gasteiger partial charge in [0.2, 0.25) is 5.91 Å². The summed E-state index contributed by atoms with van der Waals surface area (Å²) < 4.78 is 11.2. The van der Waals surface area contributed by atoms with E-state index < -0.39 is 11.5 Å². The van der Waals surface area contributed by atoms with Gasteiger partial charge in [-0.3, -0.25) is 9.59 Å². The first kappa shape index (κ1) is 32.8. The fourth-order valence-corrected chi connectivity index (χ4v) is 7.48.